The fraction of sp³-hybridized carbons (Fsp3) is 0.800. The third-order valence-electron chi connectivity index (χ3n) is 7.47. The summed E-state index contributed by atoms with van der Waals surface area (Å²) in [4.78, 5) is 23.8. The van der Waals surface area contributed by atoms with Gasteiger partial charge >= 0.3 is 11.9 Å². The summed E-state index contributed by atoms with van der Waals surface area (Å²) in [6.07, 6.45) is 0. The van der Waals surface area contributed by atoms with Gasteiger partial charge in [-0.3, -0.25) is 0 Å². The van der Waals surface area contributed by atoms with E-state index in [2.05, 4.69) is 0 Å². The van der Waals surface area contributed by atoms with Crippen LogP contribution in [0.25, 0.3) is 0 Å². The molecule has 0 saturated heterocycles. The van der Waals surface area contributed by atoms with Crippen molar-refractivity contribution in [3.05, 3.63) is 23.3 Å². The molecule has 0 radical (unpaired) electrons. The zero-order valence-corrected chi connectivity index (χ0v) is 36.0. The second-order valence-electron chi connectivity index (χ2n) is 12.1. The van der Waals surface area contributed by atoms with Gasteiger partial charge in [0.25, 0.3) is 0 Å². The number of rotatable bonds is 49. The van der Waals surface area contributed by atoms with E-state index in [4.69, 9.17) is 80.5 Å². The molecular formula is C40H70O21. The second kappa shape index (κ2) is 43.8. The van der Waals surface area contributed by atoms with E-state index in [1.807, 2.05) is 0 Å². The first kappa shape index (κ1) is 56.2. The Bertz CT molecular complexity index is 1150. The predicted octanol–water partition coefficient (Wildman–Crippen LogP) is 1.35. The normalized spacial score (nSPS) is 11.4. The molecule has 0 aromatic heterocycles. The highest BCUT2D eigenvalue weighted by atomic mass is 16.6. The van der Waals surface area contributed by atoms with Crippen LogP contribution in [-0.4, -0.2) is 235 Å². The van der Waals surface area contributed by atoms with Gasteiger partial charge in [-0.15, -0.1) is 0 Å². The van der Waals surface area contributed by atoms with Crippen molar-refractivity contribution in [3.63, 3.8) is 0 Å². The third-order valence-corrected chi connectivity index (χ3v) is 7.47. The number of carboxylic acid groups (broad SMARTS) is 2. The smallest absolute Gasteiger partial charge is 0.339 e. The van der Waals surface area contributed by atoms with Gasteiger partial charge in [0, 0.05) is 14.2 Å². The molecule has 1 aromatic carbocycles. The molecule has 1 rings (SSSR count). The van der Waals surface area contributed by atoms with Crippen LogP contribution < -0.4 is 9.47 Å². The van der Waals surface area contributed by atoms with Crippen LogP contribution >= 0.6 is 0 Å². The van der Waals surface area contributed by atoms with Crippen molar-refractivity contribution in [3.8, 4) is 11.5 Å². The first-order valence-corrected chi connectivity index (χ1v) is 20.4. The molecule has 0 aliphatic carbocycles. The van der Waals surface area contributed by atoms with Crippen molar-refractivity contribution < 1.29 is 100 Å². The summed E-state index contributed by atoms with van der Waals surface area (Å²) in [5.74, 6) is -2.86. The molecule has 0 fully saturated rings. The van der Waals surface area contributed by atoms with Gasteiger partial charge in [0.15, 0.2) is 0 Å². The number of carbonyl (C=O) groups is 2. The van der Waals surface area contributed by atoms with Gasteiger partial charge in [-0.1, -0.05) is 0 Å². The SMILES string of the molecule is COCCOCCOCCOCCOCCOCCOCCOCCOCCOCCOCCOc1cc(C(=O)O)c(OCCOCCOCCOCCOC)cc1C(=O)O. The molecule has 0 amide bonds. The van der Waals surface area contributed by atoms with Crippen molar-refractivity contribution in [1.82, 2.24) is 0 Å². The monoisotopic (exact) mass is 886 g/mol. The molecule has 21 nitrogen and oxygen atoms in total. The van der Waals surface area contributed by atoms with Gasteiger partial charge < -0.3 is 90.7 Å². The molecule has 0 saturated carbocycles. The van der Waals surface area contributed by atoms with E-state index in [1.54, 1.807) is 14.2 Å². The fourth-order valence-corrected chi connectivity index (χ4v) is 4.46. The summed E-state index contributed by atoms with van der Waals surface area (Å²) in [5.41, 5.74) is -0.504. The Morgan fingerprint density at radius 1 is 0.311 bits per heavy atom. The van der Waals surface area contributed by atoms with E-state index in [0.29, 0.717) is 165 Å². The van der Waals surface area contributed by atoms with Gasteiger partial charge in [-0.25, -0.2) is 9.59 Å². The van der Waals surface area contributed by atoms with Crippen molar-refractivity contribution in [2.24, 2.45) is 0 Å². The summed E-state index contributed by atoms with van der Waals surface area (Å²) in [6, 6.07) is 2.24. The average Bonchev–Trinajstić information content (AvgIpc) is 3.25. The zero-order valence-electron chi connectivity index (χ0n) is 36.0. The van der Waals surface area contributed by atoms with Crippen molar-refractivity contribution in [1.29, 1.82) is 0 Å². The van der Waals surface area contributed by atoms with Crippen LogP contribution in [0.15, 0.2) is 12.1 Å². The Morgan fingerprint density at radius 3 is 0.639 bits per heavy atom. The molecular weight excluding hydrogens is 816 g/mol. The predicted molar refractivity (Wildman–Crippen MR) is 216 cm³/mol. The summed E-state index contributed by atoms with van der Waals surface area (Å²) < 4.78 is 91.4. The number of hydrogen-bond acceptors (Lipinski definition) is 19. The van der Waals surface area contributed by atoms with Crippen LogP contribution in [0.1, 0.15) is 20.7 Å². The number of benzene rings is 1. The van der Waals surface area contributed by atoms with E-state index < -0.39 is 11.9 Å². The average molecular weight is 887 g/mol. The molecule has 2 N–H and O–H groups in total. The standard InChI is InChI=1S/C40H70O21/c1-45-3-5-47-7-9-49-11-12-51-13-14-52-15-16-53-17-18-54-19-20-55-21-22-56-23-24-57-26-28-59-30-32-61-38-34-35(39(41)42)37(33-36(38)40(43)44)60-31-29-58-27-25-50-10-8-48-6-4-46-2/h33-34H,3-32H2,1-2H3,(H,41,42)(H,43,44). The fourth-order valence-electron chi connectivity index (χ4n) is 4.46. The molecule has 356 valence electrons. The minimum atomic E-state index is -1.31. The molecule has 21 heteroatoms. The molecule has 61 heavy (non-hydrogen) atoms. The van der Waals surface area contributed by atoms with Gasteiger partial charge in [-0.2, -0.15) is 0 Å². The van der Waals surface area contributed by atoms with Gasteiger partial charge in [0.05, 0.1) is 185 Å². The van der Waals surface area contributed by atoms with Crippen molar-refractivity contribution >= 4 is 11.9 Å². The number of carboxylic acids is 2. The van der Waals surface area contributed by atoms with Crippen LogP contribution in [0, 0.1) is 0 Å². The lowest BCUT2D eigenvalue weighted by molar-refractivity contribution is -0.0273. The van der Waals surface area contributed by atoms with Crippen LogP contribution in [-0.2, 0) is 71.1 Å². The second-order valence-corrected chi connectivity index (χ2v) is 12.1. The highest BCUT2D eigenvalue weighted by Crippen LogP contribution is 2.29. The van der Waals surface area contributed by atoms with Crippen LogP contribution in [0.2, 0.25) is 0 Å². The van der Waals surface area contributed by atoms with E-state index in [0.717, 1.165) is 12.1 Å². The molecule has 0 bridgehead atoms. The van der Waals surface area contributed by atoms with Gasteiger partial charge in [-0.05, 0) is 12.1 Å². The summed E-state index contributed by atoms with van der Waals surface area (Å²) in [7, 11) is 3.23. The zero-order chi connectivity index (χ0) is 44.1. The molecule has 0 aliphatic rings. The quantitative estimate of drug-likeness (QED) is 0.0880. The lowest BCUT2D eigenvalue weighted by Crippen LogP contribution is -2.16. The van der Waals surface area contributed by atoms with Gasteiger partial charge in [0.1, 0.15) is 35.8 Å². The lowest BCUT2D eigenvalue weighted by atomic mass is 10.1. The first-order valence-electron chi connectivity index (χ1n) is 20.4. The summed E-state index contributed by atoms with van der Waals surface area (Å²) in [5, 5.41) is 19.4. The molecule has 0 spiro atoms. The number of hydrogen-bond donors (Lipinski definition) is 2. The maximum Gasteiger partial charge on any atom is 0.339 e. The number of methoxy groups -OCH3 is 2. The Hall–Kier alpha value is -2.84. The third kappa shape index (κ3) is 35.3. The molecule has 0 heterocycles. The first-order chi connectivity index (χ1) is 30.0. The Labute approximate surface area is 359 Å². The minimum absolute atomic E-state index is 0.00666. The summed E-state index contributed by atoms with van der Waals surface area (Å²) in [6.45, 7) is 11.8. The highest BCUT2D eigenvalue weighted by molar-refractivity contribution is 5.97. The Kier molecular flexibility index (Phi) is 40.3. The van der Waals surface area contributed by atoms with E-state index in [1.165, 1.54) is 0 Å². The Balaban J connectivity index is 1.95. The topological polar surface area (TPSA) is 232 Å². The van der Waals surface area contributed by atoms with Crippen molar-refractivity contribution in [2.75, 3.05) is 212 Å². The van der Waals surface area contributed by atoms with E-state index >= 15 is 0 Å². The lowest BCUT2D eigenvalue weighted by Gasteiger charge is -2.15. The van der Waals surface area contributed by atoms with Crippen molar-refractivity contribution in [2.45, 2.75) is 0 Å². The van der Waals surface area contributed by atoms with Crippen LogP contribution in [0.5, 0.6) is 11.5 Å². The number of ether oxygens (including phenoxy) is 17. The molecule has 0 aliphatic heterocycles. The van der Waals surface area contributed by atoms with E-state index in [-0.39, 0.29) is 55.7 Å². The molecule has 0 atom stereocenters. The summed E-state index contributed by atoms with van der Waals surface area (Å²) >= 11 is 0. The van der Waals surface area contributed by atoms with Crippen LogP contribution in [0.4, 0.5) is 0 Å². The van der Waals surface area contributed by atoms with Gasteiger partial charge in [0.2, 0.25) is 0 Å². The largest absolute Gasteiger partial charge is 0.490 e. The maximum absolute atomic E-state index is 11.9. The Morgan fingerprint density at radius 2 is 0.475 bits per heavy atom. The maximum atomic E-state index is 11.9. The van der Waals surface area contributed by atoms with Crippen LogP contribution in [0.3, 0.4) is 0 Å². The number of aromatic carboxylic acids is 2. The highest BCUT2D eigenvalue weighted by Gasteiger charge is 2.21. The molecule has 0 unspecified atom stereocenters. The minimum Gasteiger partial charge on any atom is -0.490 e. The van der Waals surface area contributed by atoms with E-state index in [9.17, 15) is 19.8 Å². The molecule has 1 aromatic rings.